The maximum absolute atomic E-state index is 13.4. The summed E-state index contributed by atoms with van der Waals surface area (Å²) in [5.41, 5.74) is -0.486. The molecule has 1 heterocycles. The first-order valence-corrected chi connectivity index (χ1v) is 5.94. The molecule has 0 aliphatic carbocycles. The Morgan fingerprint density at radius 3 is 2.39 bits per heavy atom. The highest BCUT2D eigenvalue weighted by atomic mass is 32.2. The molecule has 0 radical (unpaired) electrons. The third-order valence-corrected chi connectivity index (χ3v) is 2.73. The molecule has 18 heavy (non-hydrogen) atoms. The van der Waals surface area contributed by atoms with Crippen molar-refractivity contribution in [2.75, 3.05) is 0 Å². The molecule has 2 rings (SSSR count). The normalized spacial score (nSPS) is 11.8. The number of halogens is 3. The summed E-state index contributed by atoms with van der Waals surface area (Å²) < 4.78 is 60.8. The number of nitrogens with one attached hydrogen (secondary N) is 1. The number of nitrogens with two attached hydrogens (primary N) is 1. The van der Waals surface area contributed by atoms with Crippen molar-refractivity contribution >= 4 is 10.0 Å². The van der Waals surface area contributed by atoms with Gasteiger partial charge < -0.3 is 0 Å². The lowest BCUT2D eigenvalue weighted by Gasteiger charge is -1.99. The first-order chi connectivity index (χ1) is 8.30. The minimum atomic E-state index is -4.14. The Hall–Kier alpha value is -1.94. The van der Waals surface area contributed by atoms with Crippen LogP contribution < -0.4 is 5.14 Å². The first kappa shape index (κ1) is 12.5. The molecule has 2 aromatic rings. The van der Waals surface area contributed by atoms with Gasteiger partial charge in [0.1, 0.15) is 0 Å². The minimum Gasteiger partial charge on any atom is -0.248 e. The number of rotatable bonds is 2. The van der Waals surface area contributed by atoms with Gasteiger partial charge >= 0.3 is 0 Å². The molecule has 0 unspecified atom stereocenters. The summed E-state index contributed by atoms with van der Waals surface area (Å²) in [7, 11) is -4.14. The molecule has 0 aliphatic rings. The third-order valence-electron chi connectivity index (χ3n) is 2.01. The fourth-order valence-electron chi connectivity index (χ4n) is 1.19. The minimum absolute atomic E-state index is 0.449. The molecule has 0 spiro atoms. The van der Waals surface area contributed by atoms with E-state index in [9.17, 15) is 21.6 Å². The van der Waals surface area contributed by atoms with Crippen molar-refractivity contribution in [3.05, 3.63) is 29.6 Å². The summed E-state index contributed by atoms with van der Waals surface area (Å²) >= 11 is 0. The number of primary sulfonamides is 1. The quantitative estimate of drug-likeness (QED) is 0.782. The fourth-order valence-corrected chi connectivity index (χ4v) is 1.58. The summed E-state index contributed by atoms with van der Waals surface area (Å²) in [5.74, 6) is -5.04. The number of aromatic amines is 1. The van der Waals surface area contributed by atoms with E-state index in [-0.39, 0.29) is 0 Å². The standard InChI is InChI=1S/C8H5F3N4O2S/c9-4-2-1-3(5(10)6(4)11)7-13-8(15-14-7)18(12,16)17/h1-2H,(H2,12,16,17)(H,13,14,15). The number of sulfonamides is 1. The highest BCUT2D eigenvalue weighted by molar-refractivity contribution is 7.89. The molecule has 10 heteroatoms. The van der Waals surface area contributed by atoms with Crippen LogP contribution >= 0.6 is 0 Å². The molecular weight excluding hydrogens is 273 g/mol. The van der Waals surface area contributed by atoms with Crippen molar-refractivity contribution in [1.29, 1.82) is 0 Å². The van der Waals surface area contributed by atoms with Gasteiger partial charge in [-0.15, -0.1) is 0 Å². The molecule has 1 aromatic heterocycles. The second-order valence-corrected chi connectivity index (χ2v) is 4.71. The van der Waals surface area contributed by atoms with Crippen molar-refractivity contribution in [1.82, 2.24) is 15.2 Å². The van der Waals surface area contributed by atoms with Crippen LogP contribution in [0.4, 0.5) is 13.2 Å². The first-order valence-electron chi connectivity index (χ1n) is 4.40. The predicted octanol–water partition coefficient (Wildman–Crippen LogP) is 0.536. The summed E-state index contributed by atoms with van der Waals surface area (Å²) in [6.45, 7) is 0. The third kappa shape index (κ3) is 2.07. The Balaban J connectivity index is 2.57. The Bertz CT molecular complexity index is 713. The van der Waals surface area contributed by atoms with E-state index in [0.717, 1.165) is 6.07 Å². The summed E-state index contributed by atoms with van der Waals surface area (Å²) in [5, 5.41) is 9.35. The predicted molar refractivity (Wildman–Crippen MR) is 53.1 cm³/mol. The highest BCUT2D eigenvalue weighted by Crippen LogP contribution is 2.23. The van der Waals surface area contributed by atoms with Crippen molar-refractivity contribution in [2.24, 2.45) is 5.14 Å². The van der Waals surface area contributed by atoms with Gasteiger partial charge in [0.05, 0.1) is 5.56 Å². The van der Waals surface area contributed by atoms with Gasteiger partial charge in [-0.1, -0.05) is 0 Å². The van der Waals surface area contributed by atoms with E-state index in [4.69, 9.17) is 5.14 Å². The SMILES string of the molecule is NS(=O)(=O)c1nc(-c2ccc(F)c(F)c2F)n[nH]1. The van der Waals surface area contributed by atoms with E-state index in [2.05, 4.69) is 10.1 Å². The monoisotopic (exact) mass is 278 g/mol. The van der Waals surface area contributed by atoms with Crippen LogP contribution in [0.15, 0.2) is 17.3 Å². The van der Waals surface area contributed by atoms with Gasteiger partial charge in [-0.25, -0.2) is 31.8 Å². The van der Waals surface area contributed by atoms with Gasteiger partial charge in [0.2, 0.25) is 0 Å². The highest BCUT2D eigenvalue weighted by Gasteiger charge is 2.20. The topological polar surface area (TPSA) is 102 Å². The average Bonchev–Trinajstić information content (AvgIpc) is 2.75. The molecule has 0 atom stereocenters. The largest absolute Gasteiger partial charge is 0.273 e. The van der Waals surface area contributed by atoms with Gasteiger partial charge in [0.25, 0.3) is 15.2 Å². The zero-order valence-corrected chi connectivity index (χ0v) is 9.30. The van der Waals surface area contributed by atoms with E-state index in [1.54, 1.807) is 0 Å². The van der Waals surface area contributed by atoms with Crippen LogP contribution in [0, 0.1) is 17.5 Å². The molecule has 0 fully saturated rings. The van der Waals surface area contributed by atoms with E-state index in [1.165, 1.54) is 0 Å². The molecular formula is C8H5F3N4O2S. The maximum Gasteiger partial charge on any atom is 0.273 e. The van der Waals surface area contributed by atoms with Crippen LogP contribution in [0.2, 0.25) is 0 Å². The van der Waals surface area contributed by atoms with Gasteiger partial charge in [-0.2, -0.15) is 10.1 Å². The van der Waals surface area contributed by atoms with Gasteiger partial charge in [-0.05, 0) is 12.1 Å². The molecule has 0 saturated carbocycles. The Labute approximate surface area is 98.7 Å². The molecule has 1 aromatic carbocycles. The smallest absolute Gasteiger partial charge is 0.248 e. The van der Waals surface area contributed by atoms with E-state index in [0.29, 0.717) is 6.07 Å². The van der Waals surface area contributed by atoms with E-state index in [1.807, 2.05) is 5.10 Å². The molecule has 0 saturated heterocycles. The zero-order chi connectivity index (χ0) is 13.5. The molecule has 0 bridgehead atoms. The molecule has 0 aliphatic heterocycles. The number of benzene rings is 1. The number of aromatic nitrogens is 3. The number of nitrogens with zero attached hydrogens (tertiary/aromatic N) is 2. The van der Waals surface area contributed by atoms with Crippen molar-refractivity contribution < 1.29 is 21.6 Å². The van der Waals surface area contributed by atoms with Crippen LogP contribution in [0.25, 0.3) is 11.4 Å². The second kappa shape index (κ2) is 4.07. The van der Waals surface area contributed by atoms with Gasteiger partial charge in [0.15, 0.2) is 23.3 Å². The summed E-state index contributed by atoms with van der Waals surface area (Å²) in [6.07, 6.45) is 0. The van der Waals surface area contributed by atoms with Crippen LogP contribution in [0.1, 0.15) is 0 Å². The van der Waals surface area contributed by atoms with E-state index >= 15 is 0 Å². The lowest BCUT2D eigenvalue weighted by atomic mass is 10.2. The zero-order valence-electron chi connectivity index (χ0n) is 8.49. The van der Waals surface area contributed by atoms with E-state index < -0.39 is 44.0 Å². The lowest BCUT2D eigenvalue weighted by Crippen LogP contribution is -2.13. The average molecular weight is 278 g/mol. The maximum atomic E-state index is 13.4. The molecule has 6 nitrogen and oxygen atoms in total. The lowest BCUT2D eigenvalue weighted by molar-refractivity contribution is 0.448. The molecule has 3 N–H and O–H groups in total. The summed E-state index contributed by atoms with van der Waals surface area (Å²) in [4.78, 5) is 3.37. The Morgan fingerprint density at radius 1 is 1.17 bits per heavy atom. The molecule has 96 valence electrons. The van der Waals surface area contributed by atoms with Crippen molar-refractivity contribution in [3.8, 4) is 11.4 Å². The van der Waals surface area contributed by atoms with Crippen LogP contribution in [0.3, 0.4) is 0 Å². The Morgan fingerprint density at radius 2 is 1.83 bits per heavy atom. The van der Waals surface area contributed by atoms with Crippen molar-refractivity contribution in [3.63, 3.8) is 0 Å². The number of H-pyrrole nitrogens is 1. The summed E-state index contributed by atoms with van der Waals surface area (Å²) in [6, 6.07) is 1.55. The Kier molecular flexibility index (Phi) is 2.83. The second-order valence-electron chi connectivity index (χ2n) is 3.23. The van der Waals surface area contributed by atoms with Crippen LogP contribution in [-0.4, -0.2) is 23.6 Å². The fraction of sp³-hybridized carbons (Fsp3) is 0. The van der Waals surface area contributed by atoms with Gasteiger partial charge in [-0.3, -0.25) is 0 Å². The van der Waals surface area contributed by atoms with Crippen LogP contribution in [0.5, 0.6) is 0 Å². The van der Waals surface area contributed by atoms with Crippen molar-refractivity contribution in [2.45, 2.75) is 5.16 Å². The number of hydrogen-bond donors (Lipinski definition) is 2. The molecule has 0 amide bonds. The number of hydrogen-bond acceptors (Lipinski definition) is 4. The van der Waals surface area contributed by atoms with Gasteiger partial charge in [0, 0.05) is 0 Å². The van der Waals surface area contributed by atoms with Crippen LogP contribution in [-0.2, 0) is 10.0 Å².